The van der Waals surface area contributed by atoms with E-state index in [1.165, 1.54) is 24.3 Å². The van der Waals surface area contributed by atoms with E-state index in [0.29, 0.717) is 16.9 Å². The van der Waals surface area contributed by atoms with Gasteiger partial charge in [-0.2, -0.15) is 11.8 Å². The van der Waals surface area contributed by atoms with Crippen molar-refractivity contribution in [3.05, 3.63) is 57.6 Å². The van der Waals surface area contributed by atoms with Gasteiger partial charge in [0, 0.05) is 59.8 Å². The monoisotopic (exact) mass is 457 g/mol. The van der Waals surface area contributed by atoms with Crippen molar-refractivity contribution in [1.82, 2.24) is 0 Å². The van der Waals surface area contributed by atoms with Gasteiger partial charge >= 0.3 is 0 Å². The Bertz CT molecular complexity index is 1030. The predicted molar refractivity (Wildman–Crippen MR) is 130 cm³/mol. The number of nitrogens with zero attached hydrogens (tertiary/aromatic N) is 3. The summed E-state index contributed by atoms with van der Waals surface area (Å²) < 4.78 is 0. The van der Waals surface area contributed by atoms with Crippen LogP contribution in [0, 0.1) is 10.1 Å². The molecule has 1 heterocycles. The lowest BCUT2D eigenvalue weighted by molar-refractivity contribution is -0.384. The topological polar surface area (TPSA) is 134 Å². The van der Waals surface area contributed by atoms with E-state index in [2.05, 4.69) is 15.2 Å². The van der Waals surface area contributed by atoms with Crippen LogP contribution in [0.25, 0.3) is 0 Å². The third-order valence-electron chi connectivity index (χ3n) is 4.83. The van der Waals surface area contributed by atoms with Crippen molar-refractivity contribution < 1.29 is 14.8 Å². The summed E-state index contributed by atoms with van der Waals surface area (Å²) in [5, 5.41) is 23.8. The number of nitro benzene ring substituents is 1. The van der Waals surface area contributed by atoms with Crippen molar-refractivity contribution in [2.45, 2.75) is 19.4 Å². The number of aliphatic imine (C=N–C) groups is 1. The first kappa shape index (κ1) is 23.6. The van der Waals surface area contributed by atoms with Crippen LogP contribution >= 0.6 is 11.8 Å². The molecule has 0 unspecified atom stereocenters. The zero-order chi connectivity index (χ0) is 23.3. The first-order chi connectivity index (χ1) is 15.1. The number of carbonyl (C=O) groups is 1. The maximum Gasteiger partial charge on any atom is 0.270 e. The lowest BCUT2D eigenvalue weighted by Gasteiger charge is -2.31. The second kappa shape index (κ2) is 10.0. The molecule has 10 heteroatoms. The van der Waals surface area contributed by atoms with Gasteiger partial charge in [-0.05, 0) is 32.0 Å². The molecule has 1 aliphatic rings. The van der Waals surface area contributed by atoms with Crippen molar-refractivity contribution in [2.24, 2.45) is 4.99 Å². The van der Waals surface area contributed by atoms with Gasteiger partial charge in [-0.15, -0.1) is 0 Å². The molecular weight excluding hydrogens is 430 g/mol. The summed E-state index contributed by atoms with van der Waals surface area (Å²) in [6.07, 6.45) is 1.58. The second-order valence-corrected chi connectivity index (χ2v) is 9.37. The van der Waals surface area contributed by atoms with Crippen molar-refractivity contribution in [2.75, 3.05) is 47.1 Å². The Labute approximate surface area is 190 Å². The number of non-ortho nitro benzene ring substituents is 1. The standard InChI is InChI=1S/C22H27N5O4S/c1-22(2,29)14-24-13-16-11-19(20(12-18(16)23)26-6-8-32-9-7-26)25-21(28)15-4-3-5-17(10-15)27(30)31/h3-5,10-13,29H,6-9,14,23H2,1-2H3,(H,25,28). The number of anilines is 3. The fourth-order valence-corrected chi connectivity index (χ4v) is 4.12. The van der Waals surface area contributed by atoms with Crippen molar-refractivity contribution >= 4 is 46.6 Å². The molecule has 1 fully saturated rings. The first-order valence-electron chi connectivity index (χ1n) is 10.2. The second-order valence-electron chi connectivity index (χ2n) is 8.14. The Morgan fingerprint density at radius 2 is 2.06 bits per heavy atom. The summed E-state index contributed by atoms with van der Waals surface area (Å²) in [5.74, 6) is 1.48. The van der Waals surface area contributed by atoms with E-state index in [-0.39, 0.29) is 17.8 Å². The Kier molecular flexibility index (Phi) is 7.37. The molecule has 0 aromatic heterocycles. The van der Waals surface area contributed by atoms with Gasteiger partial charge in [-0.1, -0.05) is 6.07 Å². The summed E-state index contributed by atoms with van der Waals surface area (Å²) in [4.78, 5) is 29.9. The summed E-state index contributed by atoms with van der Waals surface area (Å²) in [7, 11) is 0. The van der Waals surface area contributed by atoms with Crippen molar-refractivity contribution in [3.8, 4) is 0 Å². The summed E-state index contributed by atoms with van der Waals surface area (Å²) in [6.45, 7) is 5.16. The van der Waals surface area contributed by atoms with E-state index in [9.17, 15) is 20.0 Å². The van der Waals surface area contributed by atoms with Crippen LogP contribution in [-0.4, -0.2) is 58.9 Å². The van der Waals surface area contributed by atoms with Crippen LogP contribution in [0.5, 0.6) is 0 Å². The van der Waals surface area contributed by atoms with Gasteiger partial charge in [-0.3, -0.25) is 19.9 Å². The number of nitrogens with one attached hydrogen (secondary N) is 1. The maximum absolute atomic E-state index is 12.9. The Hall–Kier alpha value is -3.11. The van der Waals surface area contributed by atoms with Gasteiger partial charge in [0.1, 0.15) is 0 Å². The van der Waals surface area contributed by atoms with Gasteiger partial charge in [0.2, 0.25) is 0 Å². The number of amides is 1. The van der Waals surface area contributed by atoms with Crippen LogP contribution in [0.4, 0.5) is 22.7 Å². The Morgan fingerprint density at radius 3 is 2.72 bits per heavy atom. The van der Waals surface area contributed by atoms with E-state index in [1.807, 2.05) is 17.8 Å². The van der Waals surface area contributed by atoms with Crippen LogP contribution in [0.1, 0.15) is 29.8 Å². The highest BCUT2D eigenvalue weighted by Crippen LogP contribution is 2.33. The summed E-state index contributed by atoms with van der Waals surface area (Å²) in [5.41, 5.74) is 7.81. The molecule has 2 aromatic rings. The number of hydrogen-bond acceptors (Lipinski definition) is 8. The minimum Gasteiger partial charge on any atom is -0.398 e. The molecule has 0 radical (unpaired) electrons. The third-order valence-corrected chi connectivity index (χ3v) is 5.77. The average Bonchev–Trinajstić information content (AvgIpc) is 2.75. The lowest BCUT2D eigenvalue weighted by atomic mass is 10.1. The van der Waals surface area contributed by atoms with Gasteiger partial charge in [0.05, 0.1) is 28.4 Å². The van der Waals surface area contributed by atoms with Crippen LogP contribution < -0.4 is 16.0 Å². The molecular formula is C22H27N5O4S. The molecule has 0 aliphatic carbocycles. The molecule has 3 rings (SSSR count). The van der Waals surface area contributed by atoms with Gasteiger partial charge in [-0.25, -0.2) is 0 Å². The Balaban J connectivity index is 1.94. The number of hydrogen-bond donors (Lipinski definition) is 3. The average molecular weight is 458 g/mol. The van der Waals surface area contributed by atoms with Crippen molar-refractivity contribution in [3.63, 3.8) is 0 Å². The van der Waals surface area contributed by atoms with Gasteiger partial charge in [0.25, 0.3) is 11.6 Å². The molecule has 4 N–H and O–H groups in total. The number of thioether (sulfide) groups is 1. The van der Waals surface area contributed by atoms with E-state index in [4.69, 9.17) is 5.73 Å². The van der Waals surface area contributed by atoms with Crippen LogP contribution in [0.2, 0.25) is 0 Å². The molecule has 0 saturated carbocycles. The zero-order valence-electron chi connectivity index (χ0n) is 18.1. The molecule has 2 aromatic carbocycles. The zero-order valence-corrected chi connectivity index (χ0v) is 18.9. The highest BCUT2D eigenvalue weighted by Gasteiger charge is 2.20. The molecule has 0 atom stereocenters. The van der Waals surface area contributed by atoms with Gasteiger partial charge in [0.15, 0.2) is 0 Å². The summed E-state index contributed by atoms with van der Waals surface area (Å²) in [6, 6.07) is 9.15. The molecule has 0 bridgehead atoms. The molecule has 1 aliphatic heterocycles. The normalized spacial score (nSPS) is 14.5. The highest BCUT2D eigenvalue weighted by molar-refractivity contribution is 7.99. The number of nitrogens with two attached hydrogens (primary N) is 1. The van der Waals surface area contributed by atoms with Crippen LogP contribution in [0.3, 0.4) is 0 Å². The minimum atomic E-state index is -0.949. The van der Waals surface area contributed by atoms with E-state index in [1.54, 1.807) is 26.1 Å². The fraction of sp³-hybridized carbons (Fsp3) is 0.364. The van der Waals surface area contributed by atoms with E-state index >= 15 is 0 Å². The number of nitrogen functional groups attached to an aromatic ring is 1. The quantitative estimate of drug-likeness (QED) is 0.252. The van der Waals surface area contributed by atoms with Crippen molar-refractivity contribution in [1.29, 1.82) is 0 Å². The lowest BCUT2D eigenvalue weighted by Crippen LogP contribution is -2.33. The maximum atomic E-state index is 12.9. The minimum absolute atomic E-state index is 0.150. The number of carbonyl (C=O) groups excluding carboxylic acids is 1. The largest absolute Gasteiger partial charge is 0.398 e. The van der Waals surface area contributed by atoms with Crippen LogP contribution in [-0.2, 0) is 0 Å². The highest BCUT2D eigenvalue weighted by atomic mass is 32.2. The molecule has 1 saturated heterocycles. The molecule has 9 nitrogen and oxygen atoms in total. The van der Waals surface area contributed by atoms with Gasteiger partial charge < -0.3 is 21.1 Å². The molecule has 170 valence electrons. The van der Waals surface area contributed by atoms with Crippen LogP contribution in [0.15, 0.2) is 41.4 Å². The Morgan fingerprint density at radius 1 is 1.34 bits per heavy atom. The molecule has 0 spiro atoms. The summed E-state index contributed by atoms with van der Waals surface area (Å²) >= 11 is 1.87. The first-order valence-corrected chi connectivity index (χ1v) is 11.3. The number of nitro groups is 1. The van der Waals surface area contributed by atoms with E-state index < -0.39 is 16.4 Å². The number of aliphatic hydroxyl groups is 1. The van der Waals surface area contributed by atoms with E-state index in [0.717, 1.165) is 30.3 Å². The number of benzene rings is 2. The SMILES string of the molecule is CC(C)(O)CN=Cc1cc(NC(=O)c2cccc([N+](=O)[O-])c2)c(N2CCSCC2)cc1N. The smallest absolute Gasteiger partial charge is 0.270 e. The predicted octanol–water partition coefficient (Wildman–Crippen LogP) is 3.17. The third kappa shape index (κ3) is 6.21. The molecule has 32 heavy (non-hydrogen) atoms. The number of rotatable bonds is 7. The fourth-order valence-electron chi connectivity index (χ4n) is 3.22. The molecule has 1 amide bonds.